The van der Waals surface area contributed by atoms with Gasteiger partial charge in [-0.05, 0) is 19.8 Å². The summed E-state index contributed by atoms with van der Waals surface area (Å²) in [4.78, 5) is 16.7. The van der Waals surface area contributed by atoms with Crippen molar-refractivity contribution >= 4 is 11.9 Å². The van der Waals surface area contributed by atoms with Gasteiger partial charge in [0, 0.05) is 13.7 Å². The van der Waals surface area contributed by atoms with Crippen LogP contribution in [0.1, 0.15) is 19.8 Å². The molecule has 78 valence electrons. The number of amides is 2. The van der Waals surface area contributed by atoms with Crippen LogP contribution in [0.4, 0.5) is 4.79 Å². The first-order chi connectivity index (χ1) is 6.56. The predicted molar refractivity (Wildman–Crippen MR) is 52.2 cm³/mol. The molecule has 0 aromatic heterocycles. The molecule has 1 saturated heterocycles. The molecular weight excluding hydrogens is 182 g/mol. The molecule has 2 amide bonds. The lowest BCUT2D eigenvalue weighted by Gasteiger charge is -2.36. The maximum atomic E-state index is 11.4. The van der Waals surface area contributed by atoms with E-state index in [1.165, 1.54) is 0 Å². The van der Waals surface area contributed by atoms with E-state index in [0.29, 0.717) is 5.84 Å². The van der Waals surface area contributed by atoms with Crippen molar-refractivity contribution in [2.45, 2.75) is 31.4 Å². The van der Waals surface area contributed by atoms with Crippen molar-refractivity contribution in [2.75, 3.05) is 13.7 Å². The van der Waals surface area contributed by atoms with Crippen molar-refractivity contribution in [3.63, 3.8) is 0 Å². The number of carbonyl (C=O) groups excluding carboxylic acids is 1. The number of nitrogens with zero attached hydrogens (tertiary/aromatic N) is 2. The lowest BCUT2D eigenvalue weighted by molar-refractivity contribution is 0.0321. The molecule has 5 heteroatoms. The van der Waals surface area contributed by atoms with Crippen LogP contribution in [-0.2, 0) is 4.74 Å². The number of aliphatic imine (C=N–C) groups is 1. The van der Waals surface area contributed by atoms with E-state index in [4.69, 9.17) is 10.5 Å². The number of carbonyl (C=O) groups is 1. The molecule has 2 rings (SSSR count). The maximum Gasteiger partial charge on any atom is 0.345 e. The molecule has 0 aliphatic carbocycles. The maximum absolute atomic E-state index is 11.4. The molecule has 14 heavy (non-hydrogen) atoms. The molecule has 2 aliphatic rings. The van der Waals surface area contributed by atoms with Crippen LogP contribution in [0.25, 0.3) is 0 Å². The smallest absolute Gasteiger partial charge is 0.345 e. The molecule has 1 fully saturated rings. The van der Waals surface area contributed by atoms with Gasteiger partial charge in [-0.25, -0.2) is 4.79 Å². The Morgan fingerprint density at radius 1 is 1.71 bits per heavy atom. The van der Waals surface area contributed by atoms with Crippen LogP contribution in [0.3, 0.4) is 0 Å². The van der Waals surface area contributed by atoms with Gasteiger partial charge in [-0.3, -0.25) is 0 Å². The summed E-state index contributed by atoms with van der Waals surface area (Å²) in [5, 5.41) is 0. The summed E-state index contributed by atoms with van der Waals surface area (Å²) in [6.07, 6.45) is 1.95. The molecule has 2 unspecified atom stereocenters. The minimum Gasteiger partial charge on any atom is -0.385 e. The number of hydrogen-bond acceptors (Lipinski definition) is 3. The van der Waals surface area contributed by atoms with Crippen LogP contribution >= 0.6 is 0 Å². The van der Waals surface area contributed by atoms with Crippen LogP contribution in [0.5, 0.6) is 0 Å². The molecule has 0 saturated carbocycles. The summed E-state index contributed by atoms with van der Waals surface area (Å²) in [7, 11) is 1.72. The van der Waals surface area contributed by atoms with Gasteiger partial charge < -0.3 is 15.4 Å². The van der Waals surface area contributed by atoms with Crippen molar-refractivity contribution in [2.24, 2.45) is 10.7 Å². The lowest BCUT2D eigenvalue weighted by Crippen LogP contribution is -2.57. The first kappa shape index (κ1) is 9.45. The summed E-state index contributed by atoms with van der Waals surface area (Å²) in [5.74, 6) is 0.372. The van der Waals surface area contributed by atoms with E-state index in [-0.39, 0.29) is 12.1 Å². The zero-order valence-corrected chi connectivity index (χ0v) is 8.49. The molecule has 2 aliphatic heterocycles. The van der Waals surface area contributed by atoms with Gasteiger partial charge in [0.15, 0.2) is 0 Å². The highest BCUT2D eigenvalue weighted by Crippen LogP contribution is 2.32. The molecular formula is C9H15N3O2. The molecule has 0 radical (unpaired) electrons. The van der Waals surface area contributed by atoms with Crippen molar-refractivity contribution in [1.29, 1.82) is 0 Å². The minimum atomic E-state index is -0.548. The Morgan fingerprint density at radius 2 is 2.43 bits per heavy atom. The average molecular weight is 197 g/mol. The summed E-state index contributed by atoms with van der Waals surface area (Å²) < 4.78 is 5.57. The number of likely N-dealkylation sites (N-methyl/N-ethyl adjacent to an activating group) is 1. The number of nitrogens with two attached hydrogens (primary N) is 1. The Hall–Kier alpha value is -1.10. The van der Waals surface area contributed by atoms with Gasteiger partial charge in [-0.15, -0.1) is 0 Å². The lowest BCUT2D eigenvalue weighted by atomic mass is 9.91. The van der Waals surface area contributed by atoms with E-state index in [0.717, 1.165) is 19.4 Å². The Labute approximate surface area is 82.9 Å². The van der Waals surface area contributed by atoms with Crippen LogP contribution in [0.2, 0.25) is 0 Å². The van der Waals surface area contributed by atoms with Gasteiger partial charge in [0.1, 0.15) is 11.4 Å². The zero-order valence-electron chi connectivity index (χ0n) is 8.49. The Bertz CT molecular complexity index is 296. The minimum absolute atomic E-state index is 0.0114. The van der Waals surface area contributed by atoms with E-state index >= 15 is 0 Å². The third-order valence-electron chi connectivity index (χ3n) is 3.28. The van der Waals surface area contributed by atoms with Crippen molar-refractivity contribution in [1.82, 2.24) is 4.90 Å². The van der Waals surface area contributed by atoms with Crippen molar-refractivity contribution in [3.8, 4) is 0 Å². The van der Waals surface area contributed by atoms with Gasteiger partial charge in [-0.2, -0.15) is 4.99 Å². The second kappa shape index (κ2) is 2.95. The van der Waals surface area contributed by atoms with Crippen LogP contribution in [0.15, 0.2) is 4.99 Å². The highest BCUT2D eigenvalue weighted by Gasteiger charge is 2.49. The molecule has 0 bridgehead atoms. The monoisotopic (exact) mass is 197 g/mol. The van der Waals surface area contributed by atoms with Gasteiger partial charge in [0.25, 0.3) is 0 Å². The third-order valence-corrected chi connectivity index (χ3v) is 3.28. The average Bonchev–Trinajstić information content (AvgIpc) is 2.72. The van der Waals surface area contributed by atoms with E-state index in [1.54, 1.807) is 11.9 Å². The fourth-order valence-electron chi connectivity index (χ4n) is 2.06. The van der Waals surface area contributed by atoms with Crippen molar-refractivity contribution < 1.29 is 9.53 Å². The third kappa shape index (κ3) is 1.05. The van der Waals surface area contributed by atoms with Crippen LogP contribution in [-0.4, -0.2) is 42.1 Å². The van der Waals surface area contributed by atoms with Gasteiger partial charge in [-0.1, -0.05) is 0 Å². The topological polar surface area (TPSA) is 67.9 Å². The Morgan fingerprint density at radius 3 is 2.86 bits per heavy atom. The van der Waals surface area contributed by atoms with E-state index in [1.807, 2.05) is 6.92 Å². The van der Waals surface area contributed by atoms with Gasteiger partial charge in [0.2, 0.25) is 0 Å². The second-order valence-electron chi connectivity index (χ2n) is 3.99. The number of ether oxygens (including phenoxy) is 1. The van der Waals surface area contributed by atoms with Gasteiger partial charge >= 0.3 is 6.03 Å². The fraction of sp³-hybridized carbons (Fsp3) is 0.778. The van der Waals surface area contributed by atoms with E-state index in [2.05, 4.69) is 4.99 Å². The predicted octanol–water partition coefficient (Wildman–Crippen LogP) is 0.347. The zero-order chi connectivity index (χ0) is 10.3. The van der Waals surface area contributed by atoms with E-state index < -0.39 is 5.54 Å². The second-order valence-corrected chi connectivity index (χ2v) is 3.99. The standard InChI is InChI=1S/C9H15N3O2/c1-9(6-4-3-5-14-6)7(10)11-8(13)12(9)2/h6H,3-5H2,1-2H3,(H2,10,11,13). The quantitative estimate of drug-likeness (QED) is 0.659. The Balaban J connectivity index is 2.30. The van der Waals surface area contributed by atoms with E-state index in [9.17, 15) is 4.79 Å². The Kier molecular flexibility index (Phi) is 1.99. The molecule has 0 aromatic carbocycles. The molecule has 2 atom stereocenters. The largest absolute Gasteiger partial charge is 0.385 e. The molecule has 5 nitrogen and oxygen atoms in total. The van der Waals surface area contributed by atoms with Crippen LogP contribution in [0, 0.1) is 0 Å². The highest BCUT2D eigenvalue weighted by atomic mass is 16.5. The fourth-order valence-corrected chi connectivity index (χ4v) is 2.06. The number of hydrogen-bond donors (Lipinski definition) is 1. The normalized spacial score (nSPS) is 37.9. The summed E-state index contributed by atoms with van der Waals surface area (Å²) in [5.41, 5.74) is 5.23. The first-order valence-electron chi connectivity index (χ1n) is 4.81. The molecule has 0 spiro atoms. The molecule has 2 N–H and O–H groups in total. The summed E-state index contributed by atoms with van der Waals surface area (Å²) in [6.45, 7) is 2.66. The summed E-state index contributed by atoms with van der Waals surface area (Å²) >= 11 is 0. The SMILES string of the molecule is CN1C(=O)N=C(N)C1(C)C1CCCO1. The molecule has 0 aromatic rings. The summed E-state index contributed by atoms with van der Waals surface area (Å²) in [6, 6.07) is -0.277. The van der Waals surface area contributed by atoms with Gasteiger partial charge in [0.05, 0.1) is 6.10 Å². The molecule has 2 heterocycles. The number of urea groups is 1. The number of rotatable bonds is 1. The van der Waals surface area contributed by atoms with Crippen LogP contribution < -0.4 is 5.73 Å². The highest BCUT2D eigenvalue weighted by molar-refractivity contribution is 6.05. The van der Waals surface area contributed by atoms with Crippen molar-refractivity contribution in [3.05, 3.63) is 0 Å². The first-order valence-corrected chi connectivity index (χ1v) is 4.81. The number of amidine groups is 1.